The number of aliphatic imine (C=N–C) groups is 1. The number of rotatable bonds is 8. The van der Waals surface area contributed by atoms with E-state index in [1.807, 2.05) is 38.1 Å². The summed E-state index contributed by atoms with van der Waals surface area (Å²) in [4.78, 5) is 16.2. The fourth-order valence-corrected chi connectivity index (χ4v) is 2.44. The van der Waals surface area contributed by atoms with Crippen LogP contribution in [0.5, 0.6) is 0 Å². The third-order valence-corrected chi connectivity index (χ3v) is 3.85. The predicted molar refractivity (Wildman–Crippen MR) is 123 cm³/mol. The van der Waals surface area contributed by atoms with E-state index in [0.717, 1.165) is 29.8 Å². The van der Waals surface area contributed by atoms with Crippen molar-refractivity contribution in [3.8, 4) is 0 Å². The Hall–Kier alpha value is -2.16. The number of benzene rings is 2. The van der Waals surface area contributed by atoms with Crippen LogP contribution >= 0.6 is 24.0 Å². The standard InChI is InChI=1S/C21H27FN4O.HI/c1-3-5-20(27)26-19-12-8-17(9-13-19)15-25-21(23-4-2)24-14-16-6-10-18(22)11-7-16;/h6-13H,3-5,14-15H2,1-2H3,(H,26,27)(H2,23,24,25);1H. The van der Waals surface area contributed by atoms with Gasteiger partial charge in [0.25, 0.3) is 0 Å². The average Bonchev–Trinajstić information content (AvgIpc) is 2.66. The van der Waals surface area contributed by atoms with Crippen LogP contribution in [0.25, 0.3) is 0 Å². The molecule has 7 heteroatoms. The van der Waals surface area contributed by atoms with Gasteiger partial charge in [-0.3, -0.25) is 4.79 Å². The van der Waals surface area contributed by atoms with Gasteiger partial charge >= 0.3 is 0 Å². The highest BCUT2D eigenvalue weighted by Crippen LogP contribution is 2.11. The lowest BCUT2D eigenvalue weighted by atomic mass is 10.2. The average molecular weight is 498 g/mol. The summed E-state index contributed by atoms with van der Waals surface area (Å²) in [6, 6.07) is 14.1. The van der Waals surface area contributed by atoms with Crippen LogP contribution in [0.15, 0.2) is 53.5 Å². The molecule has 0 aromatic heterocycles. The van der Waals surface area contributed by atoms with E-state index in [4.69, 9.17) is 0 Å². The van der Waals surface area contributed by atoms with E-state index >= 15 is 0 Å². The van der Waals surface area contributed by atoms with E-state index in [0.29, 0.717) is 25.5 Å². The Bertz CT molecular complexity index is 748. The van der Waals surface area contributed by atoms with Crippen molar-refractivity contribution >= 4 is 41.5 Å². The van der Waals surface area contributed by atoms with E-state index in [1.165, 1.54) is 12.1 Å². The van der Waals surface area contributed by atoms with E-state index < -0.39 is 0 Å². The molecule has 152 valence electrons. The van der Waals surface area contributed by atoms with Gasteiger partial charge in [-0.25, -0.2) is 9.38 Å². The zero-order chi connectivity index (χ0) is 19.5. The first-order chi connectivity index (χ1) is 13.1. The highest BCUT2D eigenvalue weighted by Gasteiger charge is 2.02. The third kappa shape index (κ3) is 8.69. The van der Waals surface area contributed by atoms with Crippen molar-refractivity contribution in [2.75, 3.05) is 11.9 Å². The molecule has 28 heavy (non-hydrogen) atoms. The van der Waals surface area contributed by atoms with Gasteiger partial charge in [0.1, 0.15) is 5.82 Å². The number of halogens is 2. The van der Waals surface area contributed by atoms with Crippen LogP contribution in [-0.2, 0) is 17.9 Å². The normalized spacial score (nSPS) is 10.8. The molecule has 5 nitrogen and oxygen atoms in total. The molecule has 0 fully saturated rings. The summed E-state index contributed by atoms with van der Waals surface area (Å²) in [6.07, 6.45) is 1.36. The lowest BCUT2D eigenvalue weighted by Crippen LogP contribution is -2.36. The van der Waals surface area contributed by atoms with Crippen molar-refractivity contribution < 1.29 is 9.18 Å². The number of carbonyl (C=O) groups excluding carboxylic acids is 1. The Morgan fingerprint density at radius 2 is 1.61 bits per heavy atom. The number of nitrogens with zero attached hydrogens (tertiary/aromatic N) is 1. The van der Waals surface area contributed by atoms with Crippen LogP contribution < -0.4 is 16.0 Å². The summed E-state index contributed by atoms with van der Waals surface area (Å²) in [5.74, 6) is 0.485. The Morgan fingerprint density at radius 1 is 0.964 bits per heavy atom. The molecule has 0 unspecified atom stereocenters. The maximum absolute atomic E-state index is 13.0. The molecule has 0 aliphatic rings. The van der Waals surface area contributed by atoms with Gasteiger partial charge in [-0.1, -0.05) is 31.2 Å². The number of hydrogen-bond donors (Lipinski definition) is 3. The van der Waals surface area contributed by atoms with Crippen LogP contribution in [0.2, 0.25) is 0 Å². The molecular formula is C21H28FIN4O. The lowest BCUT2D eigenvalue weighted by Gasteiger charge is -2.11. The van der Waals surface area contributed by atoms with Crippen molar-refractivity contribution in [1.29, 1.82) is 0 Å². The Labute approximate surface area is 183 Å². The zero-order valence-electron chi connectivity index (χ0n) is 16.3. The summed E-state index contributed by atoms with van der Waals surface area (Å²) < 4.78 is 13.0. The number of hydrogen-bond acceptors (Lipinski definition) is 2. The SMILES string of the molecule is CCCC(=O)Nc1ccc(CN=C(NCC)NCc2ccc(F)cc2)cc1.I. The molecule has 3 N–H and O–H groups in total. The zero-order valence-corrected chi connectivity index (χ0v) is 18.6. The van der Waals surface area contributed by atoms with E-state index in [2.05, 4.69) is 20.9 Å². The van der Waals surface area contributed by atoms with E-state index in [9.17, 15) is 9.18 Å². The number of amides is 1. The number of guanidine groups is 1. The van der Waals surface area contributed by atoms with Gasteiger partial charge in [0, 0.05) is 25.2 Å². The molecule has 0 atom stereocenters. The quantitative estimate of drug-likeness (QED) is 0.287. The number of nitrogens with one attached hydrogen (secondary N) is 3. The predicted octanol–water partition coefficient (Wildman–Crippen LogP) is 4.44. The Kier molecular flexibility index (Phi) is 11.2. The van der Waals surface area contributed by atoms with Crippen molar-refractivity contribution in [2.45, 2.75) is 39.8 Å². The highest BCUT2D eigenvalue weighted by molar-refractivity contribution is 14.0. The lowest BCUT2D eigenvalue weighted by molar-refractivity contribution is -0.116. The van der Waals surface area contributed by atoms with Crippen LogP contribution in [0.3, 0.4) is 0 Å². The van der Waals surface area contributed by atoms with Gasteiger partial charge < -0.3 is 16.0 Å². The summed E-state index contributed by atoms with van der Waals surface area (Å²) in [5.41, 5.74) is 2.82. The molecule has 0 heterocycles. The largest absolute Gasteiger partial charge is 0.357 e. The summed E-state index contributed by atoms with van der Waals surface area (Å²) in [6.45, 7) is 5.81. The van der Waals surface area contributed by atoms with Gasteiger partial charge in [-0.05, 0) is 48.7 Å². The molecule has 0 saturated carbocycles. The van der Waals surface area contributed by atoms with Gasteiger partial charge in [-0.2, -0.15) is 0 Å². The number of carbonyl (C=O) groups is 1. The van der Waals surface area contributed by atoms with Crippen LogP contribution in [0.1, 0.15) is 37.8 Å². The fourth-order valence-electron chi connectivity index (χ4n) is 2.44. The maximum atomic E-state index is 13.0. The molecule has 1 amide bonds. The first-order valence-corrected chi connectivity index (χ1v) is 9.26. The minimum Gasteiger partial charge on any atom is -0.357 e. The van der Waals surface area contributed by atoms with Crippen molar-refractivity contribution in [2.24, 2.45) is 4.99 Å². The van der Waals surface area contributed by atoms with Gasteiger partial charge in [-0.15, -0.1) is 24.0 Å². The minimum atomic E-state index is -0.242. The highest BCUT2D eigenvalue weighted by atomic mass is 127. The summed E-state index contributed by atoms with van der Waals surface area (Å²) in [5, 5.41) is 9.30. The second-order valence-electron chi connectivity index (χ2n) is 6.17. The molecule has 0 aliphatic heterocycles. The minimum absolute atomic E-state index is 0. The molecule has 0 spiro atoms. The summed E-state index contributed by atoms with van der Waals surface area (Å²) >= 11 is 0. The Balaban J connectivity index is 0.00000392. The number of anilines is 1. The van der Waals surface area contributed by atoms with Crippen molar-refractivity contribution in [3.05, 3.63) is 65.5 Å². The third-order valence-electron chi connectivity index (χ3n) is 3.85. The van der Waals surface area contributed by atoms with Gasteiger partial charge in [0.2, 0.25) is 5.91 Å². The molecule has 2 aromatic rings. The summed E-state index contributed by atoms with van der Waals surface area (Å²) in [7, 11) is 0. The molecule has 2 rings (SSSR count). The van der Waals surface area contributed by atoms with Crippen LogP contribution in [0.4, 0.5) is 10.1 Å². The van der Waals surface area contributed by atoms with Crippen LogP contribution in [0, 0.1) is 5.82 Å². The van der Waals surface area contributed by atoms with E-state index in [-0.39, 0.29) is 35.7 Å². The topological polar surface area (TPSA) is 65.5 Å². The molecule has 2 aromatic carbocycles. The molecular weight excluding hydrogens is 470 g/mol. The van der Waals surface area contributed by atoms with Crippen LogP contribution in [-0.4, -0.2) is 18.4 Å². The van der Waals surface area contributed by atoms with E-state index in [1.54, 1.807) is 12.1 Å². The first kappa shape index (κ1) is 23.9. The maximum Gasteiger partial charge on any atom is 0.224 e. The monoisotopic (exact) mass is 498 g/mol. The van der Waals surface area contributed by atoms with Gasteiger partial charge in [0.05, 0.1) is 6.54 Å². The molecule has 0 bridgehead atoms. The molecule has 0 radical (unpaired) electrons. The van der Waals surface area contributed by atoms with Crippen molar-refractivity contribution in [1.82, 2.24) is 10.6 Å². The smallest absolute Gasteiger partial charge is 0.224 e. The molecule has 0 aliphatic carbocycles. The second-order valence-corrected chi connectivity index (χ2v) is 6.17. The van der Waals surface area contributed by atoms with Gasteiger partial charge in [0.15, 0.2) is 5.96 Å². The molecule has 0 saturated heterocycles. The fraction of sp³-hybridized carbons (Fsp3) is 0.333. The Morgan fingerprint density at radius 3 is 2.21 bits per heavy atom. The second kappa shape index (κ2) is 13.1. The first-order valence-electron chi connectivity index (χ1n) is 9.26. The van der Waals surface area contributed by atoms with Crippen molar-refractivity contribution in [3.63, 3.8) is 0 Å².